The molecule has 0 aromatic carbocycles. The van der Waals surface area contributed by atoms with Crippen molar-refractivity contribution in [1.29, 1.82) is 0 Å². The molecule has 2 heteroatoms. The predicted molar refractivity (Wildman–Crippen MR) is 92.3 cm³/mol. The lowest BCUT2D eigenvalue weighted by molar-refractivity contribution is -0.104. The summed E-state index contributed by atoms with van der Waals surface area (Å²) in [6.07, 6.45) is 16.7. The standard InChI is InChI=1S/C19H25ClO/c1-15(12-14-21)7-5-9-17(20)10-11-18-16(2)8-6-13-19(18,3)4/h5,7-12,14,18H,6,13H2,1-4H3/b7-5-,11-10+,15-12+,17-9-. The molecule has 1 nitrogen and oxygen atoms in total. The summed E-state index contributed by atoms with van der Waals surface area (Å²) >= 11 is 6.22. The number of allylic oxidation sites excluding steroid dienone is 10. The Morgan fingerprint density at radius 2 is 2.05 bits per heavy atom. The van der Waals surface area contributed by atoms with E-state index in [1.165, 1.54) is 18.1 Å². The smallest absolute Gasteiger partial charge is 0.143 e. The van der Waals surface area contributed by atoms with Gasteiger partial charge in [-0.15, -0.1) is 0 Å². The van der Waals surface area contributed by atoms with Gasteiger partial charge in [0.05, 0.1) is 0 Å². The molecular formula is C19H25ClO. The lowest BCUT2D eigenvalue weighted by atomic mass is 9.68. The SMILES string of the molecule is CC1=CCCC(C)(C)C1/C=C/C(Cl)=C/C=C\C(C)=C\C=O. The van der Waals surface area contributed by atoms with Gasteiger partial charge in [0, 0.05) is 11.0 Å². The van der Waals surface area contributed by atoms with Crippen LogP contribution in [-0.4, -0.2) is 6.29 Å². The monoisotopic (exact) mass is 304 g/mol. The van der Waals surface area contributed by atoms with E-state index in [-0.39, 0.29) is 5.41 Å². The highest BCUT2D eigenvalue weighted by Gasteiger charge is 2.30. The number of carbonyl (C=O) groups excluding carboxylic acids is 1. The molecule has 0 N–H and O–H groups in total. The summed E-state index contributed by atoms with van der Waals surface area (Å²) in [7, 11) is 0. The molecule has 0 spiro atoms. The quantitative estimate of drug-likeness (QED) is 0.273. The minimum absolute atomic E-state index is 0.283. The molecule has 0 aromatic heterocycles. The zero-order chi connectivity index (χ0) is 15.9. The van der Waals surface area contributed by atoms with Gasteiger partial charge in [-0.05, 0) is 55.9 Å². The first-order chi connectivity index (χ1) is 9.86. The lowest BCUT2D eigenvalue weighted by Gasteiger charge is -2.36. The summed E-state index contributed by atoms with van der Waals surface area (Å²) in [6, 6.07) is 0. The zero-order valence-electron chi connectivity index (χ0n) is 13.4. The molecule has 0 aliphatic heterocycles. The minimum Gasteiger partial charge on any atom is -0.299 e. The second-order valence-electron chi connectivity index (χ2n) is 6.27. The summed E-state index contributed by atoms with van der Waals surface area (Å²) < 4.78 is 0. The number of carbonyl (C=O) groups is 1. The van der Waals surface area contributed by atoms with E-state index in [4.69, 9.17) is 11.6 Å². The molecule has 1 atom stereocenters. The van der Waals surface area contributed by atoms with Crippen LogP contribution in [0.15, 0.2) is 58.7 Å². The number of hydrogen-bond acceptors (Lipinski definition) is 1. The first-order valence-electron chi connectivity index (χ1n) is 7.37. The van der Waals surface area contributed by atoms with Crippen LogP contribution in [0.5, 0.6) is 0 Å². The molecule has 0 radical (unpaired) electrons. The number of rotatable bonds is 5. The average Bonchev–Trinajstić information content (AvgIpc) is 2.37. The van der Waals surface area contributed by atoms with E-state index in [1.807, 2.05) is 31.2 Å². The molecule has 0 heterocycles. The molecule has 0 bridgehead atoms. The zero-order valence-corrected chi connectivity index (χ0v) is 14.2. The molecule has 114 valence electrons. The van der Waals surface area contributed by atoms with Gasteiger partial charge in [-0.2, -0.15) is 0 Å². The van der Waals surface area contributed by atoms with Crippen LogP contribution in [0.1, 0.15) is 40.5 Å². The highest BCUT2D eigenvalue weighted by atomic mass is 35.5. The van der Waals surface area contributed by atoms with Crippen molar-refractivity contribution in [2.45, 2.75) is 40.5 Å². The summed E-state index contributed by atoms with van der Waals surface area (Å²) in [5, 5.41) is 0.694. The minimum atomic E-state index is 0.283. The van der Waals surface area contributed by atoms with Crippen molar-refractivity contribution >= 4 is 17.9 Å². The van der Waals surface area contributed by atoms with Gasteiger partial charge >= 0.3 is 0 Å². The van der Waals surface area contributed by atoms with E-state index < -0.39 is 0 Å². The maximum atomic E-state index is 10.3. The van der Waals surface area contributed by atoms with E-state index in [1.54, 1.807) is 0 Å². The van der Waals surface area contributed by atoms with Crippen LogP contribution in [0.3, 0.4) is 0 Å². The highest BCUT2D eigenvalue weighted by Crippen LogP contribution is 2.41. The van der Waals surface area contributed by atoms with Crippen LogP contribution in [-0.2, 0) is 4.79 Å². The maximum Gasteiger partial charge on any atom is 0.143 e. The van der Waals surface area contributed by atoms with Crippen LogP contribution >= 0.6 is 11.6 Å². The van der Waals surface area contributed by atoms with Gasteiger partial charge in [-0.25, -0.2) is 0 Å². The molecule has 0 aromatic rings. The Morgan fingerprint density at radius 3 is 2.67 bits per heavy atom. The molecular weight excluding hydrogens is 280 g/mol. The highest BCUT2D eigenvalue weighted by molar-refractivity contribution is 6.31. The van der Waals surface area contributed by atoms with Crippen LogP contribution in [0.2, 0.25) is 0 Å². The first kappa shape index (κ1) is 17.7. The number of hydrogen-bond donors (Lipinski definition) is 0. The van der Waals surface area contributed by atoms with E-state index in [0.29, 0.717) is 11.0 Å². The Balaban J connectivity index is 2.75. The molecule has 0 saturated heterocycles. The third-order valence-corrected chi connectivity index (χ3v) is 4.23. The molecule has 0 fully saturated rings. The molecule has 1 rings (SSSR count). The van der Waals surface area contributed by atoms with Gasteiger partial charge in [-0.1, -0.05) is 55.3 Å². The van der Waals surface area contributed by atoms with Gasteiger partial charge in [0.25, 0.3) is 0 Å². The molecule has 1 unspecified atom stereocenters. The summed E-state index contributed by atoms with van der Waals surface area (Å²) in [5.41, 5.74) is 2.61. The third kappa shape index (κ3) is 5.89. The molecule has 1 aliphatic rings. The third-order valence-electron chi connectivity index (χ3n) is 3.98. The number of aldehydes is 1. The van der Waals surface area contributed by atoms with Crippen molar-refractivity contribution in [3.63, 3.8) is 0 Å². The van der Waals surface area contributed by atoms with E-state index in [2.05, 4.69) is 32.9 Å². The van der Waals surface area contributed by atoms with Crippen molar-refractivity contribution in [2.24, 2.45) is 11.3 Å². The van der Waals surface area contributed by atoms with Crippen LogP contribution in [0, 0.1) is 11.3 Å². The lowest BCUT2D eigenvalue weighted by Crippen LogP contribution is -2.26. The van der Waals surface area contributed by atoms with Gasteiger partial charge in [0.15, 0.2) is 0 Å². The van der Waals surface area contributed by atoms with Gasteiger partial charge < -0.3 is 0 Å². The first-order valence-corrected chi connectivity index (χ1v) is 7.75. The Kier molecular flexibility index (Phi) is 6.91. The molecule has 0 amide bonds. The van der Waals surface area contributed by atoms with Gasteiger partial charge in [0.1, 0.15) is 6.29 Å². The van der Waals surface area contributed by atoms with Crippen LogP contribution in [0.4, 0.5) is 0 Å². The van der Waals surface area contributed by atoms with Crippen molar-refractivity contribution in [3.05, 3.63) is 58.7 Å². The summed E-state index contributed by atoms with van der Waals surface area (Å²) in [4.78, 5) is 10.3. The molecule has 1 aliphatic carbocycles. The molecule has 21 heavy (non-hydrogen) atoms. The summed E-state index contributed by atoms with van der Waals surface area (Å²) in [6.45, 7) is 8.69. The van der Waals surface area contributed by atoms with E-state index in [9.17, 15) is 4.79 Å². The van der Waals surface area contributed by atoms with Crippen molar-refractivity contribution in [2.75, 3.05) is 0 Å². The Morgan fingerprint density at radius 1 is 1.33 bits per heavy atom. The van der Waals surface area contributed by atoms with Crippen LogP contribution < -0.4 is 0 Å². The second kappa shape index (κ2) is 8.19. The normalized spacial score (nSPS) is 23.7. The Hall–Kier alpha value is -1.34. The molecule has 0 saturated carbocycles. The fraction of sp³-hybridized carbons (Fsp3) is 0.421. The second-order valence-corrected chi connectivity index (χ2v) is 6.71. The van der Waals surface area contributed by atoms with E-state index in [0.717, 1.165) is 18.3 Å². The fourth-order valence-electron chi connectivity index (χ4n) is 2.68. The largest absolute Gasteiger partial charge is 0.299 e. The Bertz CT molecular complexity index is 516. The fourth-order valence-corrected chi connectivity index (χ4v) is 2.83. The topological polar surface area (TPSA) is 17.1 Å². The van der Waals surface area contributed by atoms with Crippen LogP contribution in [0.25, 0.3) is 0 Å². The van der Waals surface area contributed by atoms with Gasteiger partial charge in [-0.3, -0.25) is 4.79 Å². The van der Waals surface area contributed by atoms with Gasteiger partial charge in [0.2, 0.25) is 0 Å². The summed E-state index contributed by atoms with van der Waals surface area (Å²) in [5.74, 6) is 0.439. The van der Waals surface area contributed by atoms with Crippen molar-refractivity contribution < 1.29 is 4.79 Å². The predicted octanol–water partition coefficient (Wildman–Crippen LogP) is 5.75. The average molecular weight is 305 g/mol. The Labute approximate surface area is 133 Å². The van der Waals surface area contributed by atoms with Crippen molar-refractivity contribution in [3.8, 4) is 0 Å². The van der Waals surface area contributed by atoms with E-state index >= 15 is 0 Å². The van der Waals surface area contributed by atoms with Crippen molar-refractivity contribution in [1.82, 2.24) is 0 Å². The number of halogens is 1. The maximum absolute atomic E-state index is 10.3.